The van der Waals surface area contributed by atoms with Crippen LogP contribution >= 0.6 is 0 Å². The van der Waals surface area contributed by atoms with Crippen LogP contribution in [0.25, 0.3) is 0 Å². The second kappa shape index (κ2) is 6.79. The summed E-state index contributed by atoms with van der Waals surface area (Å²) in [7, 11) is 0. The van der Waals surface area contributed by atoms with Gasteiger partial charge >= 0.3 is 6.61 Å². The Kier molecular flexibility index (Phi) is 5.06. The van der Waals surface area contributed by atoms with Gasteiger partial charge in [0, 0.05) is 24.1 Å². The highest BCUT2D eigenvalue weighted by Gasteiger charge is 2.21. The molecule has 0 bridgehead atoms. The van der Waals surface area contributed by atoms with Crippen molar-refractivity contribution in [3.8, 4) is 5.75 Å². The molecule has 2 rings (SSSR count). The maximum absolute atomic E-state index is 12.2. The van der Waals surface area contributed by atoms with E-state index in [0.29, 0.717) is 18.0 Å². The summed E-state index contributed by atoms with van der Waals surface area (Å²) in [6.07, 6.45) is 3.61. The van der Waals surface area contributed by atoms with Crippen molar-refractivity contribution in [1.82, 2.24) is 5.32 Å². The van der Waals surface area contributed by atoms with Crippen LogP contribution in [0.5, 0.6) is 5.75 Å². The number of piperidine rings is 1. The standard InChI is InChI=1S/C15H19F2NO2/c1-10-4-2-6-12(18-10)9-14(19)11-5-3-7-13(8-11)20-15(16)17/h3,5,7-8,10,12,15,18H,2,4,6,9H2,1H3. The fraction of sp³-hybridized carbons (Fsp3) is 0.533. The zero-order valence-electron chi connectivity index (χ0n) is 11.4. The largest absolute Gasteiger partial charge is 0.435 e. The number of nitrogens with one attached hydrogen (secondary N) is 1. The summed E-state index contributed by atoms with van der Waals surface area (Å²) in [5, 5.41) is 3.39. The number of Topliss-reactive ketones (excluding diaryl/α,β-unsaturated/α-hetero) is 1. The molecule has 1 heterocycles. The minimum Gasteiger partial charge on any atom is -0.435 e. The normalized spacial score (nSPS) is 22.8. The Morgan fingerprint density at radius 2 is 2.25 bits per heavy atom. The number of ketones is 1. The van der Waals surface area contributed by atoms with Crippen LogP contribution in [0.2, 0.25) is 0 Å². The molecule has 0 aliphatic carbocycles. The Morgan fingerprint density at radius 1 is 1.45 bits per heavy atom. The second-order valence-corrected chi connectivity index (χ2v) is 5.23. The highest BCUT2D eigenvalue weighted by molar-refractivity contribution is 5.96. The van der Waals surface area contributed by atoms with Crippen LogP contribution in [0.15, 0.2) is 24.3 Å². The van der Waals surface area contributed by atoms with Gasteiger partial charge in [-0.1, -0.05) is 18.6 Å². The van der Waals surface area contributed by atoms with Gasteiger partial charge in [-0.2, -0.15) is 8.78 Å². The van der Waals surface area contributed by atoms with Gasteiger partial charge in [0.05, 0.1) is 0 Å². The minimum atomic E-state index is -2.87. The van der Waals surface area contributed by atoms with Crippen LogP contribution in [0.1, 0.15) is 43.0 Å². The highest BCUT2D eigenvalue weighted by Crippen LogP contribution is 2.20. The Balaban J connectivity index is 1.98. The summed E-state index contributed by atoms with van der Waals surface area (Å²) in [5.74, 6) is -0.0212. The quantitative estimate of drug-likeness (QED) is 0.842. The van der Waals surface area contributed by atoms with Crippen LogP contribution in [0.4, 0.5) is 8.78 Å². The van der Waals surface area contributed by atoms with Crippen molar-refractivity contribution in [2.45, 2.75) is 51.3 Å². The van der Waals surface area contributed by atoms with Crippen molar-refractivity contribution in [1.29, 1.82) is 0 Å². The Bertz CT molecular complexity index is 465. The lowest BCUT2D eigenvalue weighted by Crippen LogP contribution is -2.41. The zero-order chi connectivity index (χ0) is 14.5. The predicted octanol–water partition coefficient (Wildman–Crippen LogP) is 3.39. The van der Waals surface area contributed by atoms with Gasteiger partial charge in [-0.15, -0.1) is 0 Å². The fourth-order valence-corrected chi connectivity index (χ4v) is 2.59. The average molecular weight is 283 g/mol. The van der Waals surface area contributed by atoms with Gasteiger partial charge in [0.1, 0.15) is 5.75 Å². The molecular weight excluding hydrogens is 264 g/mol. The van der Waals surface area contributed by atoms with E-state index < -0.39 is 6.61 Å². The first-order valence-electron chi connectivity index (χ1n) is 6.88. The van der Waals surface area contributed by atoms with Gasteiger partial charge in [0.25, 0.3) is 0 Å². The number of hydrogen-bond acceptors (Lipinski definition) is 3. The number of ether oxygens (including phenoxy) is 1. The fourth-order valence-electron chi connectivity index (χ4n) is 2.59. The van der Waals surface area contributed by atoms with Crippen molar-refractivity contribution < 1.29 is 18.3 Å². The Hall–Kier alpha value is -1.49. The molecule has 1 aromatic rings. The van der Waals surface area contributed by atoms with Crippen LogP contribution < -0.4 is 10.1 Å². The molecule has 1 aliphatic rings. The molecule has 1 aromatic carbocycles. The van der Waals surface area contributed by atoms with Crippen molar-refractivity contribution >= 4 is 5.78 Å². The second-order valence-electron chi connectivity index (χ2n) is 5.23. The third-order valence-electron chi connectivity index (χ3n) is 3.52. The van der Waals surface area contributed by atoms with Crippen molar-refractivity contribution in [2.75, 3.05) is 0 Å². The Labute approximate surface area is 117 Å². The molecule has 2 atom stereocenters. The summed E-state index contributed by atoms with van der Waals surface area (Å²) < 4.78 is 28.6. The smallest absolute Gasteiger partial charge is 0.387 e. The van der Waals surface area contributed by atoms with Gasteiger partial charge in [-0.05, 0) is 31.9 Å². The first kappa shape index (κ1) is 14.9. The first-order chi connectivity index (χ1) is 9.54. The molecule has 1 aliphatic heterocycles. The minimum absolute atomic E-state index is 0.0239. The molecule has 5 heteroatoms. The zero-order valence-corrected chi connectivity index (χ0v) is 11.4. The third-order valence-corrected chi connectivity index (χ3v) is 3.52. The van der Waals surface area contributed by atoms with Gasteiger partial charge in [-0.25, -0.2) is 0 Å². The van der Waals surface area contributed by atoms with E-state index in [9.17, 15) is 13.6 Å². The number of alkyl halides is 2. The summed E-state index contributed by atoms with van der Waals surface area (Å²) in [5.41, 5.74) is 0.420. The van der Waals surface area contributed by atoms with E-state index in [1.165, 1.54) is 12.1 Å². The van der Waals surface area contributed by atoms with Gasteiger partial charge < -0.3 is 10.1 Å². The lowest BCUT2D eigenvalue weighted by Gasteiger charge is -2.28. The molecule has 0 aromatic heterocycles. The van der Waals surface area contributed by atoms with E-state index >= 15 is 0 Å². The third kappa shape index (κ3) is 4.27. The van der Waals surface area contributed by atoms with Crippen LogP contribution in [-0.4, -0.2) is 24.5 Å². The number of carbonyl (C=O) groups is 1. The van der Waals surface area contributed by atoms with E-state index in [2.05, 4.69) is 17.0 Å². The molecule has 1 saturated heterocycles. The van der Waals surface area contributed by atoms with Gasteiger partial charge in [0.15, 0.2) is 5.78 Å². The maximum Gasteiger partial charge on any atom is 0.387 e. The van der Waals surface area contributed by atoms with E-state index in [1.54, 1.807) is 12.1 Å². The summed E-state index contributed by atoms with van der Waals surface area (Å²) >= 11 is 0. The van der Waals surface area contributed by atoms with Gasteiger partial charge in [-0.3, -0.25) is 4.79 Å². The lowest BCUT2D eigenvalue weighted by atomic mass is 9.94. The first-order valence-corrected chi connectivity index (χ1v) is 6.88. The molecule has 110 valence electrons. The summed E-state index contributed by atoms with van der Waals surface area (Å²) in [6.45, 7) is -0.769. The molecule has 0 radical (unpaired) electrons. The molecule has 0 spiro atoms. The van der Waals surface area contributed by atoms with Crippen LogP contribution in [0, 0.1) is 0 Å². The summed E-state index contributed by atoms with van der Waals surface area (Å²) in [6, 6.07) is 6.58. The molecule has 20 heavy (non-hydrogen) atoms. The predicted molar refractivity (Wildman–Crippen MR) is 72.3 cm³/mol. The molecule has 0 saturated carbocycles. The average Bonchev–Trinajstić information content (AvgIpc) is 2.38. The SMILES string of the molecule is CC1CCCC(CC(=O)c2cccc(OC(F)F)c2)N1. The molecule has 1 fully saturated rings. The topological polar surface area (TPSA) is 38.3 Å². The van der Waals surface area contributed by atoms with Crippen molar-refractivity contribution in [3.05, 3.63) is 29.8 Å². The Morgan fingerprint density at radius 3 is 2.95 bits per heavy atom. The van der Waals surface area contributed by atoms with Crippen LogP contribution in [-0.2, 0) is 0 Å². The summed E-state index contributed by atoms with van der Waals surface area (Å²) in [4.78, 5) is 12.2. The molecule has 3 nitrogen and oxygen atoms in total. The lowest BCUT2D eigenvalue weighted by molar-refractivity contribution is -0.0498. The van der Waals surface area contributed by atoms with E-state index in [1.807, 2.05) is 0 Å². The highest BCUT2D eigenvalue weighted by atomic mass is 19.3. The number of benzene rings is 1. The van der Waals surface area contributed by atoms with Crippen molar-refractivity contribution in [2.24, 2.45) is 0 Å². The van der Waals surface area contributed by atoms with Crippen LogP contribution in [0.3, 0.4) is 0 Å². The van der Waals surface area contributed by atoms with E-state index in [-0.39, 0.29) is 17.6 Å². The number of carbonyl (C=O) groups excluding carboxylic acids is 1. The molecule has 1 N–H and O–H groups in total. The van der Waals surface area contributed by atoms with E-state index in [0.717, 1.165) is 19.3 Å². The van der Waals surface area contributed by atoms with Crippen molar-refractivity contribution in [3.63, 3.8) is 0 Å². The van der Waals surface area contributed by atoms with E-state index in [4.69, 9.17) is 0 Å². The number of halogens is 2. The molecular formula is C15H19F2NO2. The molecule has 2 unspecified atom stereocenters. The maximum atomic E-state index is 12.2. The van der Waals surface area contributed by atoms with Gasteiger partial charge in [0.2, 0.25) is 0 Å². The number of rotatable bonds is 5. The monoisotopic (exact) mass is 283 g/mol. The molecule has 0 amide bonds. The number of hydrogen-bond donors (Lipinski definition) is 1.